The fourth-order valence-corrected chi connectivity index (χ4v) is 3.48. The van der Waals surface area contributed by atoms with Crippen LogP contribution >= 0.6 is 0 Å². The van der Waals surface area contributed by atoms with Gasteiger partial charge in [0.1, 0.15) is 11.6 Å². The van der Waals surface area contributed by atoms with E-state index in [1.54, 1.807) is 18.2 Å². The van der Waals surface area contributed by atoms with Crippen molar-refractivity contribution in [3.05, 3.63) is 95.8 Å². The lowest BCUT2D eigenvalue weighted by Gasteiger charge is -2.18. The van der Waals surface area contributed by atoms with Gasteiger partial charge in [-0.2, -0.15) is 0 Å². The number of fused-ring (bicyclic) bond motifs is 1. The molecule has 0 amide bonds. The zero-order valence-electron chi connectivity index (χ0n) is 15.8. The van der Waals surface area contributed by atoms with Gasteiger partial charge in [-0.15, -0.1) is 0 Å². The number of halogens is 1. The van der Waals surface area contributed by atoms with Crippen LogP contribution in [0.4, 0.5) is 4.39 Å². The van der Waals surface area contributed by atoms with Gasteiger partial charge in [-0.05, 0) is 54.5 Å². The number of para-hydroxylation sites is 2. The van der Waals surface area contributed by atoms with Crippen LogP contribution in [-0.4, -0.2) is 20.6 Å². The Morgan fingerprint density at radius 2 is 1.83 bits per heavy atom. The van der Waals surface area contributed by atoms with E-state index in [1.807, 2.05) is 48.5 Å². The fraction of sp³-hybridized carbons (Fsp3) is 0.0833. The van der Waals surface area contributed by atoms with E-state index in [4.69, 9.17) is 10.1 Å². The molecule has 144 valence electrons. The summed E-state index contributed by atoms with van der Waals surface area (Å²) in [4.78, 5) is 15.7. The van der Waals surface area contributed by atoms with Crippen LogP contribution in [0.5, 0.6) is 0 Å². The third-order valence-electron chi connectivity index (χ3n) is 4.90. The van der Waals surface area contributed by atoms with Gasteiger partial charge in [0, 0.05) is 11.6 Å². The summed E-state index contributed by atoms with van der Waals surface area (Å²) in [7, 11) is 0. The van der Waals surface area contributed by atoms with Gasteiger partial charge in [0.15, 0.2) is 0 Å². The molecule has 0 bridgehead atoms. The Bertz CT molecular complexity index is 1210. The van der Waals surface area contributed by atoms with Crippen LogP contribution in [0, 0.1) is 5.82 Å². The van der Waals surface area contributed by atoms with Gasteiger partial charge in [-0.1, -0.05) is 42.5 Å². The first-order valence-corrected chi connectivity index (χ1v) is 9.27. The Kier molecular flexibility index (Phi) is 4.96. The first-order valence-electron chi connectivity index (χ1n) is 9.27. The third kappa shape index (κ3) is 3.80. The second-order valence-corrected chi connectivity index (χ2v) is 6.82. The van der Waals surface area contributed by atoms with E-state index < -0.39 is 5.97 Å². The molecule has 1 atom stereocenters. The van der Waals surface area contributed by atoms with Gasteiger partial charge in [0.05, 0.1) is 17.1 Å². The maximum atomic E-state index is 13.4. The molecule has 0 radical (unpaired) electrons. The summed E-state index contributed by atoms with van der Waals surface area (Å²) in [6.07, 6.45) is 2.67. The number of carbonyl (C=O) groups is 1. The van der Waals surface area contributed by atoms with Crippen LogP contribution < -0.4 is 0 Å². The minimum atomic E-state index is -0.993. The SMILES string of the molecule is CC(c1ccc(F)cc1)n1c(-c2cccc(C=CC(=O)O)c2)nc2ccccc21. The highest BCUT2D eigenvalue weighted by Gasteiger charge is 2.18. The molecule has 3 aromatic carbocycles. The summed E-state index contributed by atoms with van der Waals surface area (Å²) in [6, 6.07) is 21.9. The standard InChI is InChI=1S/C24H19FN2O2/c1-16(18-10-12-20(25)13-11-18)27-22-8-3-2-7-21(22)26-24(27)19-6-4-5-17(15-19)9-14-23(28)29/h2-16H,1H3,(H,28,29). The molecule has 1 heterocycles. The monoisotopic (exact) mass is 386 g/mol. The van der Waals surface area contributed by atoms with Crippen molar-refractivity contribution in [1.29, 1.82) is 0 Å². The molecule has 0 aliphatic heterocycles. The number of aliphatic carboxylic acids is 1. The number of carboxylic acid groups (broad SMARTS) is 1. The molecule has 1 unspecified atom stereocenters. The van der Waals surface area contributed by atoms with Gasteiger partial charge in [0.2, 0.25) is 0 Å². The zero-order chi connectivity index (χ0) is 20.4. The van der Waals surface area contributed by atoms with E-state index in [1.165, 1.54) is 12.1 Å². The average Bonchev–Trinajstić information content (AvgIpc) is 3.12. The van der Waals surface area contributed by atoms with Crippen LogP contribution in [-0.2, 0) is 4.79 Å². The molecular formula is C24H19FN2O2. The lowest BCUT2D eigenvalue weighted by molar-refractivity contribution is -0.131. The second kappa shape index (κ2) is 7.72. The van der Waals surface area contributed by atoms with Crippen molar-refractivity contribution in [3.8, 4) is 11.4 Å². The van der Waals surface area contributed by atoms with Gasteiger partial charge < -0.3 is 9.67 Å². The summed E-state index contributed by atoms with van der Waals surface area (Å²) < 4.78 is 15.5. The molecule has 0 aliphatic carbocycles. The zero-order valence-corrected chi connectivity index (χ0v) is 15.8. The molecule has 1 N–H and O–H groups in total. The third-order valence-corrected chi connectivity index (χ3v) is 4.90. The van der Waals surface area contributed by atoms with Gasteiger partial charge >= 0.3 is 5.97 Å². The van der Waals surface area contributed by atoms with Crippen LogP contribution in [0.2, 0.25) is 0 Å². The summed E-state index contributed by atoms with van der Waals surface area (Å²) in [5.74, 6) is -0.490. The topological polar surface area (TPSA) is 55.1 Å². The molecule has 4 nitrogen and oxygen atoms in total. The Labute approximate surface area is 167 Å². The van der Waals surface area contributed by atoms with Crippen molar-refractivity contribution in [2.24, 2.45) is 0 Å². The molecule has 0 fully saturated rings. The van der Waals surface area contributed by atoms with E-state index in [0.717, 1.165) is 39.6 Å². The van der Waals surface area contributed by atoms with E-state index in [9.17, 15) is 9.18 Å². The minimum Gasteiger partial charge on any atom is -0.478 e. The maximum absolute atomic E-state index is 13.4. The highest BCUT2D eigenvalue weighted by Crippen LogP contribution is 2.32. The average molecular weight is 386 g/mol. The van der Waals surface area contributed by atoms with Crippen LogP contribution in [0.25, 0.3) is 28.5 Å². The molecule has 5 heteroatoms. The number of benzene rings is 3. The van der Waals surface area contributed by atoms with E-state index >= 15 is 0 Å². The molecule has 0 aliphatic rings. The van der Waals surface area contributed by atoms with Crippen LogP contribution in [0.1, 0.15) is 24.1 Å². The Morgan fingerprint density at radius 1 is 1.07 bits per heavy atom. The minimum absolute atomic E-state index is 0.0729. The van der Waals surface area contributed by atoms with Crippen molar-refractivity contribution < 1.29 is 14.3 Å². The fourth-order valence-electron chi connectivity index (χ4n) is 3.48. The number of hydrogen-bond acceptors (Lipinski definition) is 2. The number of imidazole rings is 1. The van der Waals surface area contributed by atoms with Crippen molar-refractivity contribution in [2.45, 2.75) is 13.0 Å². The van der Waals surface area contributed by atoms with Gasteiger partial charge in [-0.25, -0.2) is 14.2 Å². The summed E-state index contributed by atoms with van der Waals surface area (Å²) in [5.41, 5.74) is 4.46. The summed E-state index contributed by atoms with van der Waals surface area (Å²) in [6.45, 7) is 2.05. The number of aromatic nitrogens is 2. The summed E-state index contributed by atoms with van der Waals surface area (Å²) >= 11 is 0. The molecule has 4 aromatic rings. The highest BCUT2D eigenvalue weighted by molar-refractivity contribution is 5.86. The number of rotatable bonds is 5. The van der Waals surface area contributed by atoms with E-state index in [-0.39, 0.29) is 11.9 Å². The normalized spacial score (nSPS) is 12.5. The highest BCUT2D eigenvalue weighted by atomic mass is 19.1. The van der Waals surface area contributed by atoms with Gasteiger partial charge in [-0.3, -0.25) is 0 Å². The number of carboxylic acids is 1. The Morgan fingerprint density at radius 3 is 2.59 bits per heavy atom. The van der Waals surface area contributed by atoms with E-state index in [0.29, 0.717) is 0 Å². The quantitative estimate of drug-likeness (QED) is 0.458. The molecule has 1 aromatic heterocycles. The van der Waals surface area contributed by atoms with Crippen molar-refractivity contribution >= 4 is 23.1 Å². The Hall–Kier alpha value is -3.73. The van der Waals surface area contributed by atoms with Crippen molar-refractivity contribution in [1.82, 2.24) is 9.55 Å². The lowest BCUT2D eigenvalue weighted by Crippen LogP contribution is -2.08. The van der Waals surface area contributed by atoms with Gasteiger partial charge in [0.25, 0.3) is 0 Å². The predicted molar refractivity (Wildman–Crippen MR) is 112 cm³/mol. The first kappa shape index (κ1) is 18.6. The second-order valence-electron chi connectivity index (χ2n) is 6.82. The Balaban J connectivity index is 1.87. The number of hydrogen-bond donors (Lipinski definition) is 1. The smallest absolute Gasteiger partial charge is 0.328 e. The molecule has 0 saturated heterocycles. The maximum Gasteiger partial charge on any atom is 0.328 e. The molecule has 29 heavy (non-hydrogen) atoms. The molecule has 4 rings (SSSR count). The lowest BCUT2D eigenvalue weighted by atomic mass is 10.1. The van der Waals surface area contributed by atoms with Crippen molar-refractivity contribution in [3.63, 3.8) is 0 Å². The molecule has 0 saturated carbocycles. The largest absolute Gasteiger partial charge is 0.478 e. The van der Waals surface area contributed by atoms with E-state index in [2.05, 4.69) is 11.5 Å². The van der Waals surface area contributed by atoms with Crippen LogP contribution in [0.3, 0.4) is 0 Å². The first-order chi connectivity index (χ1) is 14.0. The molecular weight excluding hydrogens is 367 g/mol. The van der Waals surface area contributed by atoms with Crippen LogP contribution in [0.15, 0.2) is 78.9 Å². The van der Waals surface area contributed by atoms with Crippen molar-refractivity contribution in [2.75, 3.05) is 0 Å². The number of nitrogens with zero attached hydrogens (tertiary/aromatic N) is 2. The summed E-state index contributed by atoms with van der Waals surface area (Å²) in [5, 5.41) is 8.89. The predicted octanol–water partition coefficient (Wildman–Crippen LogP) is 5.55. The molecule has 0 spiro atoms.